The number of hydrogen-bond donors (Lipinski definition) is 1. The van der Waals surface area contributed by atoms with E-state index in [1.165, 1.54) is 45.5 Å². The molecule has 1 aromatic rings. The molecule has 186 valence electrons. The Morgan fingerprint density at radius 2 is 1.82 bits per heavy atom. The topological polar surface area (TPSA) is 135 Å². The van der Waals surface area contributed by atoms with Crippen molar-refractivity contribution in [2.45, 2.75) is 36.5 Å². The van der Waals surface area contributed by atoms with E-state index in [0.717, 1.165) is 25.8 Å². The first-order valence-electron chi connectivity index (χ1n) is 10.5. The molecule has 2 atom stereocenters. The van der Waals surface area contributed by atoms with E-state index in [1.54, 1.807) is 0 Å². The molecule has 3 rings (SSSR count). The number of nitrogens with zero attached hydrogens (tertiary/aromatic N) is 3. The summed E-state index contributed by atoms with van der Waals surface area (Å²) in [4.78, 5) is 18.3. The minimum atomic E-state index is -4.12. The van der Waals surface area contributed by atoms with Crippen LogP contribution in [0.5, 0.6) is 5.75 Å². The predicted octanol–water partition coefficient (Wildman–Crippen LogP) is -0.249. The first kappa shape index (κ1) is 25.8. The zero-order valence-corrected chi connectivity index (χ0v) is 20.5. The first-order chi connectivity index (χ1) is 15.6. The highest BCUT2D eigenvalue weighted by molar-refractivity contribution is 7.89. The second kappa shape index (κ2) is 10.6. The van der Waals surface area contributed by atoms with Gasteiger partial charge in [-0.3, -0.25) is 4.79 Å². The zero-order chi connectivity index (χ0) is 24.2. The van der Waals surface area contributed by atoms with E-state index in [0.29, 0.717) is 18.8 Å². The van der Waals surface area contributed by atoms with Crippen molar-refractivity contribution in [1.82, 2.24) is 18.4 Å². The SMILES string of the molecule is COc1ccc(S(=O)(=O)N2CCN(S(=O)(=O)N(C)C)CC2C(=O)NOC2CCCCO2)cc1. The van der Waals surface area contributed by atoms with Crippen LogP contribution in [-0.2, 0) is 34.6 Å². The number of piperazine rings is 1. The average molecular weight is 507 g/mol. The van der Waals surface area contributed by atoms with Gasteiger partial charge in [0.15, 0.2) is 6.29 Å². The molecule has 0 aliphatic carbocycles. The van der Waals surface area contributed by atoms with Gasteiger partial charge in [0, 0.05) is 46.8 Å². The van der Waals surface area contributed by atoms with E-state index >= 15 is 0 Å². The number of benzene rings is 1. The van der Waals surface area contributed by atoms with Crippen LogP contribution < -0.4 is 10.2 Å². The van der Waals surface area contributed by atoms with Crippen molar-refractivity contribution in [3.8, 4) is 5.75 Å². The van der Waals surface area contributed by atoms with E-state index in [1.807, 2.05) is 0 Å². The number of nitrogens with one attached hydrogen (secondary N) is 1. The molecule has 0 aromatic heterocycles. The van der Waals surface area contributed by atoms with E-state index < -0.39 is 38.5 Å². The number of ether oxygens (including phenoxy) is 2. The number of carbonyl (C=O) groups is 1. The highest BCUT2D eigenvalue weighted by atomic mass is 32.2. The fourth-order valence-corrected chi connectivity index (χ4v) is 6.24. The van der Waals surface area contributed by atoms with Gasteiger partial charge in [0.2, 0.25) is 10.0 Å². The number of hydroxylamine groups is 1. The number of methoxy groups -OCH3 is 1. The molecule has 2 unspecified atom stereocenters. The van der Waals surface area contributed by atoms with Crippen molar-refractivity contribution in [3.63, 3.8) is 0 Å². The van der Waals surface area contributed by atoms with Crippen molar-refractivity contribution in [2.24, 2.45) is 0 Å². The molecule has 12 nitrogen and oxygen atoms in total. The largest absolute Gasteiger partial charge is 0.497 e. The van der Waals surface area contributed by atoms with E-state index in [9.17, 15) is 21.6 Å². The molecule has 1 N–H and O–H groups in total. The van der Waals surface area contributed by atoms with Crippen molar-refractivity contribution in [1.29, 1.82) is 0 Å². The smallest absolute Gasteiger partial charge is 0.281 e. The normalized spacial score (nSPS) is 23.4. The van der Waals surface area contributed by atoms with Gasteiger partial charge >= 0.3 is 0 Å². The van der Waals surface area contributed by atoms with Crippen LogP contribution in [0.15, 0.2) is 29.2 Å². The van der Waals surface area contributed by atoms with Gasteiger partial charge in [0.05, 0.1) is 12.0 Å². The standard InChI is InChI=1S/C19H30N4O8S2/c1-21(2)33(27,28)22-11-12-23(32(25,26)16-9-7-15(29-3)8-10-16)17(14-22)19(24)20-31-18-6-4-5-13-30-18/h7-10,17-18H,4-6,11-14H2,1-3H3,(H,20,24). The van der Waals surface area contributed by atoms with Crippen LogP contribution in [0.1, 0.15) is 19.3 Å². The zero-order valence-electron chi connectivity index (χ0n) is 18.8. The Labute approximate surface area is 194 Å². The molecule has 2 fully saturated rings. The highest BCUT2D eigenvalue weighted by Crippen LogP contribution is 2.25. The number of sulfonamides is 1. The number of carbonyl (C=O) groups excluding carboxylic acids is 1. The van der Waals surface area contributed by atoms with Crippen LogP contribution in [0, 0.1) is 0 Å². The van der Waals surface area contributed by atoms with Crippen molar-refractivity contribution in [3.05, 3.63) is 24.3 Å². The minimum Gasteiger partial charge on any atom is -0.497 e. The molecule has 14 heteroatoms. The van der Waals surface area contributed by atoms with Gasteiger partial charge in [0.1, 0.15) is 11.8 Å². The lowest BCUT2D eigenvalue weighted by Gasteiger charge is -2.39. The second-order valence-electron chi connectivity index (χ2n) is 7.84. The molecule has 0 saturated carbocycles. The summed E-state index contributed by atoms with van der Waals surface area (Å²) in [7, 11) is -3.78. The van der Waals surface area contributed by atoms with Gasteiger partial charge in [-0.15, -0.1) is 0 Å². The third-order valence-corrected chi connectivity index (χ3v) is 9.31. The highest BCUT2D eigenvalue weighted by Gasteiger charge is 2.44. The summed E-state index contributed by atoms with van der Waals surface area (Å²) >= 11 is 0. The summed E-state index contributed by atoms with van der Waals surface area (Å²) in [6, 6.07) is 4.40. The Kier molecular flexibility index (Phi) is 8.31. The molecular formula is C19H30N4O8S2. The average Bonchev–Trinajstić information content (AvgIpc) is 2.82. The summed E-state index contributed by atoms with van der Waals surface area (Å²) in [5, 5.41) is 0. The minimum absolute atomic E-state index is 0.0402. The molecular weight excluding hydrogens is 476 g/mol. The van der Waals surface area contributed by atoms with Gasteiger partial charge in [-0.1, -0.05) is 0 Å². The fourth-order valence-electron chi connectivity index (χ4n) is 3.56. The molecule has 2 aliphatic rings. The van der Waals surface area contributed by atoms with Crippen molar-refractivity contribution in [2.75, 3.05) is 47.4 Å². The summed E-state index contributed by atoms with van der Waals surface area (Å²) in [6.07, 6.45) is 1.71. The molecule has 0 spiro atoms. The van der Waals surface area contributed by atoms with Crippen molar-refractivity contribution >= 4 is 26.1 Å². The number of amides is 1. The molecule has 2 aliphatic heterocycles. The Hall–Kier alpha value is -1.81. The second-order valence-corrected chi connectivity index (χ2v) is 11.9. The number of rotatable bonds is 8. The van der Waals surface area contributed by atoms with E-state index in [4.69, 9.17) is 14.3 Å². The number of hydrogen-bond acceptors (Lipinski definition) is 8. The van der Waals surface area contributed by atoms with E-state index in [2.05, 4.69) is 5.48 Å². The predicted molar refractivity (Wildman–Crippen MR) is 118 cm³/mol. The van der Waals surface area contributed by atoms with Gasteiger partial charge in [-0.25, -0.2) is 18.7 Å². The molecule has 1 amide bonds. The summed E-state index contributed by atoms with van der Waals surface area (Å²) in [5.74, 6) is -0.300. The van der Waals surface area contributed by atoms with Gasteiger partial charge in [-0.2, -0.15) is 21.3 Å². The molecule has 0 radical (unpaired) electrons. The Bertz CT molecular complexity index is 1020. The summed E-state index contributed by atoms with van der Waals surface area (Å²) < 4.78 is 65.6. The lowest BCUT2D eigenvalue weighted by Crippen LogP contribution is -2.62. The lowest BCUT2D eigenvalue weighted by molar-refractivity contribution is -0.202. The van der Waals surface area contributed by atoms with Crippen LogP contribution in [0.4, 0.5) is 0 Å². The third-order valence-electron chi connectivity index (χ3n) is 5.48. The maximum atomic E-state index is 13.4. The Morgan fingerprint density at radius 1 is 1.12 bits per heavy atom. The van der Waals surface area contributed by atoms with Crippen LogP contribution in [0.3, 0.4) is 0 Å². The Balaban J connectivity index is 1.85. The Morgan fingerprint density at radius 3 is 2.39 bits per heavy atom. The van der Waals surface area contributed by atoms with Crippen LogP contribution in [0.25, 0.3) is 0 Å². The summed E-state index contributed by atoms with van der Waals surface area (Å²) in [5.41, 5.74) is 2.27. The molecule has 2 saturated heterocycles. The van der Waals surface area contributed by atoms with E-state index in [-0.39, 0.29) is 24.5 Å². The quantitative estimate of drug-likeness (QED) is 0.477. The van der Waals surface area contributed by atoms with Gasteiger partial charge in [-0.05, 0) is 37.1 Å². The third kappa shape index (κ3) is 5.82. The monoisotopic (exact) mass is 506 g/mol. The molecule has 1 aromatic carbocycles. The van der Waals surface area contributed by atoms with Crippen LogP contribution in [0.2, 0.25) is 0 Å². The fraction of sp³-hybridized carbons (Fsp3) is 0.632. The first-order valence-corrected chi connectivity index (χ1v) is 13.3. The van der Waals surface area contributed by atoms with Crippen LogP contribution >= 0.6 is 0 Å². The van der Waals surface area contributed by atoms with Crippen LogP contribution in [-0.4, -0.2) is 95.4 Å². The summed E-state index contributed by atoms with van der Waals surface area (Å²) in [6.45, 7) is -0.181. The lowest BCUT2D eigenvalue weighted by atomic mass is 10.2. The van der Waals surface area contributed by atoms with Crippen molar-refractivity contribution < 1.29 is 35.9 Å². The molecule has 0 bridgehead atoms. The maximum absolute atomic E-state index is 13.4. The molecule has 2 heterocycles. The van der Waals surface area contributed by atoms with Gasteiger partial charge in [0.25, 0.3) is 16.1 Å². The molecule has 33 heavy (non-hydrogen) atoms. The maximum Gasteiger partial charge on any atom is 0.281 e. The van der Waals surface area contributed by atoms with Gasteiger partial charge < -0.3 is 9.47 Å².